The van der Waals surface area contributed by atoms with Crippen molar-refractivity contribution in [1.82, 2.24) is 4.90 Å². The van der Waals surface area contributed by atoms with Crippen LogP contribution in [0.1, 0.15) is 18.1 Å². The summed E-state index contributed by atoms with van der Waals surface area (Å²) >= 11 is 0. The Bertz CT molecular complexity index is 594. The lowest BCUT2D eigenvalue weighted by Gasteiger charge is -2.20. The lowest BCUT2D eigenvalue weighted by molar-refractivity contribution is -0.143. The minimum Gasteiger partial charge on any atom is -0.454 e. The molecule has 2 amide bonds. The number of likely N-dealkylation sites (tertiary alicyclic amines) is 1. The molecule has 3 unspecified atom stereocenters. The molecule has 3 aliphatic rings. The third kappa shape index (κ3) is 1.61. The number of imide groups is 1. The summed E-state index contributed by atoms with van der Waals surface area (Å²) in [6, 6.07) is 5.11. The minimum atomic E-state index is -0.908. The minimum absolute atomic E-state index is 0.00428. The summed E-state index contributed by atoms with van der Waals surface area (Å²) in [5.41, 5.74) is 0.607. The highest BCUT2D eigenvalue weighted by Crippen LogP contribution is 2.47. The molecule has 1 saturated carbocycles. The van der Waals surface area contributed by atoms with Gasteiger partial charge in [-0.2, -0.15) is 0 Å². The largest absolute Gasteiger partial charge is 0.454 e. The summed E-state index contributed by atoms with van der Waals surface area (Å²) in [4.78, 5) is 24.9. The van der Waals surface area contributed by atoms with E-state index in [0.29, 0.717) is 23.5 Å². The SMILES string of the molecule is O=C1C2CC2C(=O)N1CC(O)c1ccc2c(c1)OCO2. The molecule has 6 heteroatoms. The van der Waals surface area contributed by atoms with Gasteiger partial charge in [0.1, 0.15) is 0 Å². The molecule has 0 bridgehead atoms. The average Bonchev–Trinajstić information content (AvgIpc) is 3.05. The highest BCUT2D eigenvalue weighted by Gasteiger charge is 2.58. The number of aliphatic hydroxyl groups is 1. The van der Waals surface area contributed by atoms with Crippen LogP contribution in [0.2, 0.25) is 0 Å². The molecule has 2 aliphatic heterocycles. The quantitative estimate of drug-likeness (QED) is 0.811. The van der Waals surface area contributed by atoms with E-state index in [0.717, 1.165) is 0 Å². The van der Waals surface area contributed by atoms with Crippen molar-refractivity contribution >= 4 is 11.8 Å². The average molecular weight is 275 g/mol. The number of nitrogens with zero attached hydrogens (tertiary/aromatic N) is 1. The van der Waals surface area contributed by atoms with Gasteiger partial charge in [-0.15, -0.1) is 0 Å². The molecule has 1 aromatic rings. The van der Waals surface area contributed by atoms with Gasteiger partial charge in [-0.05, 0) is 24.1 Å². The van der Waals surface area contributed by atoms with Crippen LogP contribution in [0.25, 0.3) is 0 Å². The molecule has 0 radical (unpaired) electrons. The molecule has 1 aliphatic carbocycles. The fourth-order valence-corrected chi connectivity index (χ4v) is 2.83. The molecule has 1 N–H and O–H groups in total. The Hall–Kier alpha value is -2.08. The van der Waals surface area contributed by atoms with Crippen LogP contribution in [-0.2, 0) is 9.59 Å². The Morgan fingerprint density at radius 3 is 2.65 bits per heavy atom. The van der Waals surface area contributed by atoms with E-state index >= 15 is 0 Å². The lowest BCUT2D eigenvalue weighted by Crippen LogP contribution is -2.36. The van der Waals surface area contributed by atoms with Gasteiger partial charge < -0.3 is 14.6 Å². The molecule has 3 atom stereocenters. The summed E-state index contributed by atoms with van der Waals surface area (Å²) in [6.45, 7) is 0.172. The molecule has 0 spiro atoms. The lowest BCUT2D eigenvalue weighted by atomic mass is 10.1. The standard InChI is InChI=1S/C14H13NO5/c16-10(5-15-13(17)8-4-9(8)14(15)18)7-1-2-11-12(3-7)20-6-19-11/h1-3,8-10,16H,4-6H2. The first kappa shape index (κ1) is 11.7. The first-order valence-electron chi connectivity index (χ1n) is 6.58. The maximum Gasteiger partial charge on any atom is 0.233 e. The van der Waals surface area contributed by atoms with E-state index in [1.807, 2.05) is 0 Å². The Morgan fingerprint density at radius 2 is 1.90 bits per heavy atom. The molecule has 1 aromatic carbocycles. The molecular formula is C14H13NO5. The Labute approximate surface area is 114 Å². The van der Waals surface area contributed by atoms with E-state index in [1.165, 1.54) is 4.90 Å². The number of hydrogen-bond donors (Lipinski definition) is 1. The van der Waals surface area contributed by atoms with Crippen molar-refractivity contribution in [2.24, 2.45) is 11.8 Å². The van der Waals surface area contributed by atoms with Crippen LogP contribution in [0.15, 0.2) is 18.2 Å². The number of amides is 2. The van der Waals surface area contributed by atoms with Crippen LogP contribution in [0, 0.1) is 11.8 Å². The predicted octanol–water partition coefficient (Wildman–Crippen LogP) is 0.454. The maximum absolute atomic E-state index is 11.9. The normalized spacial score (nSPS) is 27.8. The van der Waals surface area contributed by atoms with Crippen LogP contribution in [-0.4, -0.2) is 35.2 Å². The van der Waals surface area contributed by atoms with Gasteiger partial charge in [0.25, 0.3) is 0 Å². The zero-order valence-corrected chi connectivity index (χ0v) is 10.6. The number of rotatable bonds is 3. The van der Waals surface area contributed by atoms with Crippen molar-refractivity contribution in [3.63, 3.8) is 0 Å². The Kier molecular flexibility index (Phi) is 2.32. The van der Waals surface area contributed by atoms with E-state index in [2.05, 4.69) is 0 Å². The summed E-state index contributed by atoms with van der Waals surface area (Å²) in [7, 11) is 0. The van der Waals surface area contributed by atoms with Crippen LogP contribution >= 0.6 is 0 Å². The summed E-state index contributed by atoms with van der Waals surface area (Å²) in [6.07, 6.45) is -0.233. The zero-order chi connectivity index (χ0) is 13.9. The first-order chi connectivity index (χ1) is 9.65. The van der Waals surface area contributed by atoms with Crippen molar-refractivity contribution in [3.05, 3.63) is 23.8 Å². The van der Waals surface area contributed by atoms with E-state index in [9.17, 15) is 14.7 Å². The third-order valence-corrected chi connectivity index (χ3v) is 4.09. The summed E-state index contributed by atoms with van der Waals surface area (Å²) in [5, 5.41) is 10.2. The smallest absolute Gasteiger partial charge is 0.233 e. The second-order valence-electron chi connectivity index (χ2n) is 5.36. The van der Waals surface area contributed by atoms with Crippen LogP contribution < -0.4 is 9.47 Å². The van der Waals surface area contributed by atoms with Gasteiger partial charge in [0, 0.05) is 0 Å². The number of carbonyl (C=O) groups excluding carboxylic acids is 2. The van der Waals surface area contributed by atoms with Crippen molar-refractivity contribution < 1.29 is 24.2 Å². The number of β-amino-alcohol motifs (C(OH)–C–C–N with tert-alkyl or cyclic N) is 1. The number of piperidine rings is 1. The number of aliphatic hydroxyl groups excluding tert-OH is 1. The molecule has 1 saturated heterocycles. The van der Waals surface area contributed by atoms with E-state index in [-0.39, 0.29) is 37.0 Å². The fraction of sp³-hybridized carbons (Fsp3) is 0.429. The van der Waals surface area contributed by atoms with Gasteiger partial charge in [-0.3, -0.25) is 14.5 Å². The van der Waals surface area contributed by atoms with Crippen molar-refractivity contribution in [3.8, 4) is 11.5 Å². The van der Waals surface area contributed by atoms with Gasteiger partial charge in [-0.1, -0.05) is 6.07 Å². The van der Waals surface area contributed by atoms with E-state index in [1.54, 1.807) is 18.2 Å². The van der Waals surface area contributed by atoms with E-state index < -0.39 is 6.10 Å². The van der Waals surface area contributed by atoms with Crippen molar-refractivity contribution in [2.75, 3.05) is 13.3 Å². The van der Waals surface area contributed by atoms with Gasteiger partial charge in [0.05, 0.1) is 24.5 Å². The second-order valence-corrected chi connectivity index (χ2v) is 5.36. The molecule has 0 aromatic heterocycles. The summed E-state index contributed by atoms with van der Waals surface area (Å²) in [5.74, 6) is 0.636. The number of fused-ring (bicyclic) bond motifs is 2. The fourth-order valence-electron chi connectivity index (χ4n) is 2.83. The third-order valence-electron chi connectivity index (χ3n) is 4.09. The maximum atomic E-state index is 11.9. The number of ether oxygens (including phenoxy) is 2. The first-order valence-corrected chi connectivity index (χ1v) is 6.58. The molecule has 104 valence electrons. The Morgan fingerprint density at radius 1 is 1.20 bits per heavy atom. The second kappa shape index (κ2) is 3.96. The Balaban J connectivity index is 1.52. The zero-order valence-electron chi connectivity index (χ0n) is 10.6. The predicted molar refractivity (Wildman–Crippen MR) is 65.8 cm³/mol. The van der Waals surface area contributed by atoms with Gasteiger partial charge in [0.2, 0.25) is 18.6 Å². The highest BCUT2D eigenvalue weighted by molar-refractivity contribution is 6.08. The van der Waals surface area contributed by atoms with Gasteiger partial charge in [0.15, 0.2) is 11.5 Å². The number of hydrogen-bond acceptors (Lipinski definition) is 5. The molecule has 2 heterocycles. The molecule has 2 fully saturated rings. The number of benzene rings is 1. The van der Waals surface area contributed by atoms with Crippen molar-refractivity contribution in [2.45, 2.75) is 12.5 Å². The topological polar surface area (TPSA) is 76.1 Å². The molecule has 4 rings (SSSR count). The van der Waals surface area contributed by atoms with Crippen molar-refractivity contribution in [1.29, 1.82) is 0 Å². The van der Waals surface area contributed by atoms with Crippen LogP contribution in [0.4, 0.5) is 0 Å². The molecule has 6 nitrogen and oxygen atoms in total. The summed E-state index contributed by atoms with van der Waals surface area (Å²) < 4.78 is 10.4. The number of carbonyl (C=O) groups is 2. The van der Waals surface area contributed by atoms with Gasteiger partial charge in [-0.25, -0.2) is 0 Å². The molecule has 20 heavy (non-hydrogen) atoms. The van der Waals surface area contributed by atoms with E-state index in [4.69, 9.17) is 9.47 Å². The van der Waals surface area contributed by atoms with Crippen LogP contribution in [0.3, 0.4) is 0 Å². The monoisotopic (exact) mass is 275 g/mol. The molecular weight excluding hydrogens is 262 g/mol. The highest BCUT2D eigenvalue weighted by atomic mass is 16.7. The van der Waals surface area contributed by atoms with Gasteiger partial charge >= 0.3 is 0 Å². The van der Waals surface area contributed by atoms with Crippen LogP contribution in [0.5, 0.6) is 11.5 Å².